The molecule has 0 saturated heterocycles. The molecule has 0 atom stereocenters. The molecule has 0 aromatic heterocycles. The normalized spacial score (nSPS) is 10.8. The highest BCUT2D eigenvalue weighted by Gasteiger charge is 2.05. The lowest BCUT2D eigenvalue weighted by atomic mass is 10.1. The molecule has 5 N–H and O–H groups in total. The number of unbranched alkanes of at least 4 members (excludes halogenated alkanes) is 8. The monoisotopic (exact) mass is 630 g/mol. The van der Waals surface area contributed by atoms with E-state index in [1.165, 1.54) is 0 Å². The Morgan fingerprint density at radius 3 is 1.41 bits per heavy atom. The van der Waals surface area contributed by atoms with Crippen LogP contribution in [0.5, 0.6) is 0 Å². The van der Waals surface area contributed by atoms with E-state index in [-0.39, 0.29) is 43.3 Å². The first kappa shape index (κ1) is 41.2. The van der Waals surface area contributed by atoms with Gasteiger partial charge in [-0.25, -0.2) is 0 Å². The maximum absolute atomic E-state index is 11.9. The van der Waals surface area contributed by atoms with Crippen LogP contribution in [0.3, 0.4) is 0 Å². The molecular formula is C31H58N4O9. The number of aliphatic carboxylic acids is 1. The highest BCUT2D eigenvalue weighted by Crippen LogP contribution is 2.11. The molecule has 0 aliphatic carbocycles. The Kier molecular flexibility index (Phi) is 29.7. The summed E-state index contributed by atoms with van der Waals surface area (Å²) in [6.45, 7) is 5.15. The highest BCUT2D eigenvalue weighted by atomic mass is 16.5. The van der Waals surface area contributed by atoms with E-state index >= 15 is 0 Å². The van der Waals surface area contributed by atoms with Crippen LogP contribution in [0.25, 0.3) is 0 Å². The number of carbonyl (C=O) groups excluding carboxylic acids is 4. The fraction of sp³-hybridized carbons (Fsp3) is 0.839. The van der Waals surface area contributed by atoms with Gasteiger partial charge in [0.05, 0.1) is 33.0 Å². The Hall–Kier alpha value is -2.77. The van der Waals surface area contributed by atoms with Crippen LogP contribution in [0.15, 0.2) is 0 Å². The number of amides is 4. The number of carboxylic acids is 1. The molecule has 0 rings (SSSR count). The first-order valence-corrected chi connectivity index (χ1v) is 16.4. The van der Waals surface area contributed by atoms with Crippen molar-refractivity contribution in [1.29, 1.82) is 0 Å². The van der Waals surface area contributed by atoms with Crippen LogP contribution in [-0.2, 0) is 38.2 Å². The number of hydrogen-bond acceptors (Lipinski definition) is 8. The van der Waals surface area contributed by atoms with Gasteiger partial charge in [0.15, 0.2) is 0 Å². The van der Waals surface area contributed by atoms with Gasteiger partial charge in [0.1, 0.15) is 6.61 Å². The molecule has 13 nitrogen and oxygen atoms in total. The van der Waals surface area contributed by atoms with Crippen molar-refractivity contribution in [1.82, 2.24) is 21.3 Å². The minimum atomic E-state index is -0.721. The second kappa shape index (κ2) is 31.6. The lowest BCUT2D eigenvalue weighted by Gasteiger charge is -2.09. The van der Waals surface area contributed by atoms with Crippen molar-refractivity contribution in [2.45, 2.75) is 103 Å². The first-order chi connectivity index (χ1) is 21.3. The average molecular weight is 631 g/mol. The molecule has 44 heavy (non-hydrogen) atoms. The van der Waals surface area contributed by atoms with E-state index in [1.807, 2.05) is 6.92 Å². The molecule has 0 aliphatic heterocycles. The van der Waals surface area contributed by atoms with Crippen LogP contribution >= 0.6 is 0 Å². The largest absolute Gasteiger partial charge is 0.481 e. The summed E-state index contributed by atoms with van der Waals surface area (Å²) >= 11 is 0. The summed E-state index contributed by atoms with van der Waals surface area (Å²) < 4.78 is 16.0. The van der Waals surface area contributed by atoms with E-state index in [0.29, 0.717) is 78.3 Å². The van der Waals surface area contributed by atoms with Gasteiger partial charge in [0.2, 0.25) is 23.6 Å². The Bertz CT molecular complexity index is 768. The Labute approximate surface area is 263 Å². The molecular weight excluding hydrogens is 572 g/mol. The number of ether oxygens (including phenoxy) is 3. The van der Waals surface area contributed by atoms with Crippen molar-refractivity contribution in [2.24, 2.45) is 0 Å². The third kappa shape index (κ3) is 32.2. The lowest BCUT2D eigenvalue weighted by molar-refractivity contribution is -0.137. The molecule has 0 bridgehead atoms. The topological polar surface area (TPSA) is 181 Å². The lowest BCUT2D eigenvalue weighted by Crippen LogP contribution is -2.32. The van der Waals surface area contributed by atoms with Crippen molar-refractivity contribution in [3.63, 3.8) is 0 Å². The van der Waals surface area contributed by atoms with E-state index in [2.05, 4.69) is 21.3 Å². The van der Waals surface area contributed by atoms with Crippen LogP contribution < -0.4 is 21.3 Å². The molecule has 0 radical (unpaired) electrons. The van der Waals surface area contributed by atoms with Gasteiger partial charge in [-0.1, -0.05) is 51.9 Å². The molecule has 0 aromatic carbocycles. The van der Waals surface area contributed by atoms with Crippen LogP contribution in [0.2, 0.25) is 0 Å². The summed E-state index contributed by atoms with van der Waals surface area (Å²) in [5.74, 6) is -1.04. The van der Waals surface area contributed by atoms with E-state index in [1.54, 1.807) is 0 Å². The molecule has 0 aromatic rings. The zero-order valence-corrected chi connectivity index (χ0v) is 26.9. The summed E-state index contributed by atoms with van der Waals surface area (Å²) in [6, 6.07) is 0. The molecule has 256 valence electrons. The number of hydrogen-bond donors (Lipinski definition) is 5. The Balaban J connectivity index is 3.38. The molecule has 0 aliphatic rings. The maximum Gasteiger partial charge on any atom is 0.303 e. The summed E-state index contributed by atoms with van der Waals surface area (Å²) in [5.41, 5.74) is 0. The van der Waals surface area contributed by atoms with Crippen molar-refractivity contribution >= 4 is 29.6 Å². The fourth-order valence-corrected chi connectivity index (χ4v) is 4.09. The standard InChI is InChI=1S/C31H58N4O9/c1-2-13-27(36)33-18-21-42-22-20-35-30(39)26-44-25-24-43-23-19-34-29(38)15-12-17-32-28(37)14-10-8-6-4-3-5-7-9-11-16-31(40)41/h2-26H2,1H3,(H,32,37)(H,33,36)(H,34,38)(H,35,39)(H,40,41). The van der Waals surface area contributed by atoms with E-state index in [4.69, 9.17) is 19.3 Å². The zero-order valence-electron chi connectivity index (χ0n) is 26.9. The highest BCUT2D eigenvalue weighted by molar-refractivity contribution is 5.77. The van der Waals surface area contributed by atoms with Gasteiger partial charge in [-0.2, -0.15) is 0 Å². The molecule has 0 saturated carbocycles. The second-order valence-electron chi connectivity index (χ2n) is 10.6. The Morgan fingerprint density at radius 1 is 0.455 bits per heavy atom. The van der Waals surface area contributed by atoms with E-state index < -0.39 is 5.97 Å². The SMILES string of the molecule is CCCC(=O)NCCOCCNC(=O)COCCOCCNC(=O)CCCNC(=O)CCCCCCCCCCCC(=O)O. The van der Waals surface area contributed by atoms with Gasteiger partial charge in [-0.05, 0) is 25.7 Å². The molecule has 0 fully saturated rings. The van der Waals surface area contributed by atoms with Crippen LogP contribution in [-0.4, -0.2) is 101 Å². The molecule has 0 unspecified atom stereocenters. The quantitative estimate of drug-likeness (QED) is 0.0698. The number of carboxylic acid groups (broad SMARTS) is 1. The molecule has 0 spiro atoms. The number of nitrogens with one attached hydrogen (secondary N) is 4. The van der Waals surface area contributed by atoms with Gasteiger partial charge in [-0.15, -0.1) is 0 Å². The van der Waals surface area contributed by atoms with Crippen LogP contribution in [0.4, 0.5) is 0 Å². The van der Waals surface area contributed by atoms with Gasteiger partial charge < -0.3 is 40.6 Å². The van der Waals surface area contributed by atoms with Gasteiger partial charge in [0.25, 0.3) is 0 Å². The summed E-state index contributed by atoms with van der Waals surface area (Å²) in [7, 11) is 0. The summed E-state index contributed by atoms with van der Waals surface area (Å²) in [5, 5.41) is 19.7. The maximum atomic E-state index is 11.9. The minimum Gasteiger partial charge on any atom is -0.481 e. The van der Waals surface area contributed by atoms with E-state index in [0.717, 1.165) is 64.2 Å². The Morgan fingerprint density at radius 2 is 0.864 bits per heavy atom. The predicted molar refractivity (Wildman–Crippen MR) is 167 cm³/mol. The van der Waals surface area contributed by atoms with E-state index in [9.17, 15) is 24.0 Å². The van der Waals surface area contributed by atoms with Crippen molar-refractivity contribution in [2.75, 3.05) is 65.8 Å². The fourth-order valence-electron chi connectivity index (χ4n) is 4.09. The van der Waals surface area contributed by atoms with Crippen molar-refractivity contribution in [3.8, 4) is 0 Å². The molecule has 0 heterocycles. The van der Waals surface area contributed by atoms with Gasteiger partial charge >= 0.3 is 5.97 Å². The van der Waals surface area contributed by atoms with Gasteiger partial charge in [-0.3, -0.25) is 24.0 Å². The minimum absolute atomic E-state index is 0.00975. The van der Waals surface area contributed by atoms with Gasteiger partial charge in [0, 0.05) is 51.9 Å². The average Bonchev–Trinajstić information content (AvgIpc) is 2.98. The molecule has 4 amide bonds. The second-order valence-corrected chi connectivity index (χ2v) is 10.6. The van der Waals surface area contributed by atoms with Crippen molar-refractivity contribution < 1.29 is 43.3 Å². The summed E-state index contributed by atoms with van der Waals surface area (Å²) in [6.07, 6.45) is 12.2. The third-order valence-electron chi connectivity index (χ3n) is 6.49. The smallest absolute Gasteiger partial charge is 0.303 e. The van der Waals surface area contributed by atoms with Crippen LogP contribution in [0.1, 0.15) is 103 Å². The summed E-state index contributed by atoms with van der Waals surface area (Å²) in [4.78, 5) is 57.3. The zero-order chi connectivity index (χ0) is 32.5. The van der Waals surface area contributed by atoms with Crippen LogP contribution in [0, 0.1) is 0 Å². The number of rotatable bonds is 32. The third-order valence-corrected chi connectivity index (χ3v) is 6.49. The molecule has 13 heteroatoms. The number of carbonyl (C=O) groups is 5. The predicted octanol–water partition coefficient (Wildman–Crippen LogP) is 2.46. The first-order valence-electron chi connectivity index (χ1n) is 16.4. The van der Waals surface area contributed by atoms with Crippen molar-refractivity contribution in [3.05, 3.63) is 0 Å².